The molecule has 28 heavy (non-hydrogen) atoms. The summed E-state index contributed by atoms with van der Waals surface area (Å²) in [5, 5.41) is 3.67. The summed E-state index contributed by atoms with van der Waals surface area (Å²) in [6.07, 6.45) is 0.802. The fourth-order valence-electron chi connectivity index (χ4n) is 3.55. The third-order valence-corrected chi connectivity index (χ3v) is 5.09. The molecule has 1 amide bonds. The molecule has 0 aliphatic heterocycles. The molecule has 6 heteroatoms. The van der Waals surface area contributed by atoms with Gasteiger partial charge in [-0.15, -0.1) is 0 Å². The second-order valence-corrected chi connectivity index (χ2v) is 6.86. The highest BCUT2D eigenvalue weighted by atomic mass is 16.5. The number of carbonyl (C=O) groups excluding carboxylic acids is 2. The van der Waals surface area contributed by atoms with Gasteiger partial charge in [0.25, 0.3) is 0 Å². The number of benzene rings is 2. The van der Waals surface area contributed by atoms with Gasteiger partial charge in [0.05, 0.1) is 19.4 Å². The Kier molecular flexibility index (Phi) is 4.77. The zero-order valence-corrected chi connectivity index (χ0v) is 15.8. The normalized spacial score (nSPS) is 17.9. The molecule has 1 aliphatic carbocycles. The van der Waals surface area contributed by atoms with E-state index in [0.29, 0.717) is 16.8 Å². The Morgan fingerprint density at radius 1 is 1.18 bits per heavy atom. The van der Waals surface area contributed by atoms with Gasteiger partial charge >= 0.3 is 5.97 Å². The topological polar surface area (TPSA) is 80.4 Å². The predicted octanol–water partition coefficient (Wildman–Crippen LogP) is 4.10. The van der Waals surface area contributed by atoms with Crippen molar-refractivity contribution in [3.05, 3.63) is 59.8 Å². The Hall–Kier alpha value is -3.28. The molecule has 0 bridgehead atoms. The number of aromatic nitrogens is 1. The van der Waals surface area contributed by atoms with Crippen LogP contribution in [0, 0.1) is 5.92 Å². The third kappa shape index (κ3) is 3.33. The van der Waals surface area contributed by atoms with Crippen LogP contribution in [0.15, 0.2) is 48.5 Å². The highest BCUT2D eigenvalue weighted by Gasteiger charge is 2.44. The van der Waals surface area contributed by atoms with Crippen LogP contribution in [0.5, 0.6) is 5.75 Å². The molecule has 1 aliphatic rings. The maximum absolute atomic E-state index is 12.9. The van der Waals surface area contributed by atoms with Crippen molar-refractivity contribution in [3.8, 4) is 5.75 Å². The van der Waals surface area contributed by atoms with Gasteiger partial charge < -0.3 is 19.8 Å². The van der Waals surface area contributed by atoms with Gasteiger partial charge in [0.2, 0.25) is 5.91 Å². The molecule has 144 valence electrons. The molecule has 2 atom stereocenters. The Morgan fingerprint density at radius 2 is 1.96 bits per heavy atom. The highest BCUT2D eigenvalue weighted by molar-refractivity contribution is 6.12. The second-order valence-electron chi connectivity index (χ2n) is 6.86. The average molecular weight is 378 g/mol. The smallest absolute Gasteiger partial charge is 0.356 e. The largest absolute Gasteiger partial charge is 0.497 e. The lowest BCUT2D eigenvalue weighted by Crippen LogP contribution is -2.17. The van der Waals surface area contributed by atoms with Crippen molar-refractivity contribution in [3.63, 3.8) is 0 Å². The molecule has 0 saturated heterocycles. The van der Waals surface area contributed by atoms with E-state index in [-0.39, 0.29) is 30.0 Å². The second kappa shape index (κ2) is 7.38. The summed E-state index contributed by atoms with van der Waals surface area (Å²) in [6, 6.07) is 15.4. The minimum atomic E-state index is -0.497. The first kappa shape index (κ1) is 18.1. The average Bonchev–Trinajstić information content (AvgIpc) is 3.45. The van der Waals surface area contributed by atoms with Gasteiger partial charge in [-0.3, -0.25) is 4.79 Å². The summed E-state index contributed by atoms with van der Waals surface area (Å²) in [5.74, 6) is 0.164. The molecule has 2 aromatic carbocycles. The SMILES string of the molecule is CCOC(=O)c1[nH]c2ccc(OC)cc2c1NC(=O)C1CC1c1ccccc1. The van der Waals surface area contributed by atoms with Crippen molar-refractivity contribution in [2.75, 3.05) is 19.0 Å². The molecule has 3 aromatic rings. The molecular weight excluding hydrogens is 356 g/mol. The Morgan fingerprint density at radius 3 is 2.68 bits per heavy atom. The van der Waals surface area contributed by atoms with E-state index in [1.807, 2.05) is 36.4 Å². The summed E-state index contributed by atoms with van der Waals surface area (Å²) < 4.78 is 10.4. The van der Waals surface area contributed by atoms with Gasteiger partial charge in [0.15, 0.2) is 0 Å². The molecule has 2 unspecified atom stereocenters. The summed E-state index contributed by atoms with van der Waals surface area (Å²) in [7, 11) is 1.58. The number of fused-ring (bicyclic) bond motifs is 1. The van der Waals surface area contributed by atoms with Crippen LogP contribution in [0.1, 0.15) is 35.3 Å². The number of amides is 1. The molecule has 4 rings (SSSR count). The van der Waals surface area contributed by atoms with E-state index in [1.165, 1.54) is 0 Å². The van der Waals surface area contributed by atoms with Crippen molar-refractivity contribution in [1.82, 2.24) is 4.98 Å². The highest BCUT2D eigenvalue weighted by Crippen LogP contribution is 2.48. The van der Waals surface area contributed by atoms with Crippen LogP contribution in [-0.4, -0.2) is 30.6 Å². The number of ether oxygens (including phenoxy) is 2. The third-order valence-electron chi connectivity index (χ3n) is 5.09. The maximum Gasteiger partial charge on any atom is 0.356 e. The number of esters is 1. The van der Waals surface area contributed by atoms with Crippen LogP contribution in [-0.2, 0) is 9.53 Å². The van der Waals surface area contributed by atoms with E-state index in [4.69, 9.17) is 9.47 Å². The lowest BCUT2D eigenvalue weighted by Gasteiger charge is -2.08. The standard InChI is InChI=1S/C22H22N2O4/c1-3-28-22(26)20-19(17-11-14(27-2)9-10-18(17)23-20)24-21(25)16-12-15(16)13-7-5-4-6-8-13/h4-11,15-16,23H,3,12H2,1-2H3,(H,24,25). The predicted molar refractivity (Wildman–Crippen MR) is 107 cm³/mol. The zero-order chi connectivity index (χ0) is 19.7. The maximum atomic E-state index is 12.9. The van der Waals surface area contributed by atoms with Crippen molar-refractivity contribution in [2.24, 2.45) is 5.92 Å². The van der Waals surface area contributed by atoms with E-state index >= 15 is 0 Å². The van der Waals surface area contributed by atoms with E-state index in [2.05, 4.69) is 10.3 Å². The molecule has 1 saturated carbocycles. The number of H-pyrrole nitrogens is 1. The summed E-state index contributed by atoms with van der Waals surface area (Å²) >= 11 is 0. The van der Waals surface area contributed by atoms with Crippen molar-refractivity contribution in [2.45, 2.75) is 19.3 Å². The van der Waals surface area contributed by atoms with Crippen LogP contribution in [0.4, 0.5) is 5.69 Å². The molecule has 1 fully saturated rings. The lowest BCUT2D eigenvalue weighted by atomic mass is 10.1. The molecule has 1 aromatic heterocycles. The monoisotopic (exact) mass is 378 g/mol. The Bertz CT molecular complexity index is 1030. The quantitative estimate of drug-likeness (QED) is 0.633. The minimum absolute atomic E-state index is 0.0943. The van der Waals surface area contributed by atoms with Gasteiger partial charge in [-0.1, -0.05) is 30.3 Å². The Balaban J connectivity index is 1.64. The van der Waals surface area contributed by atoms with Gasteiger partial charge in [0.1, 0.15) is 11.4 Å². The number of nitrogens with one attached hydrogen (secondary N) is 2. The van der Waals surface area contributed by atoms with Gasteiger partial charge in [-0.2, -0.15) is 0 Å². The van der Waals surface area contributed by atoms with Crippen LogP contribution in [0.25, 0.3) is 10.9 Å². The molecule has 0 spiro atoms. The Labute approximate surface area is 162 Å². The first-order valence-electron chi connectivity index (χ1n) is 9.35. The fourth-order valence-corrected chi connectivity index (χ4v) is 3.55. The number of anilines is 1. The first-order chi connectivity index (χ1) is 13.6. The number of aromatic amines is 1. The number of rotatable bonds is 6. The summed E-state index contributed by atoms with van der Waals surface area (Å²) in [6.45, 7) is 2.00. The van der Waals surface area contributed by atoms with Crippen LogP contribution < -0.4 is 10.1 Å². The van der Waals surface area contributed by atoms with E-state index < -0.39 is 5.97 Å². The van der Waals surface area contributed by atoms with Gasteiger partial charge in [-0.25, -0.2) is 4.79 Å². The summed E-state index contributed by atoms with van der Waals surface area (Å²) in [5.41, 5.74) is 2.58. The fraction of sp³-hybridized carbons (Fsp3) is 0.273. The van der Waals surface area contributed by atoms with Crippen molar-refractivity contribution >= 4 is 28.5 Å². The van der Waals surface area contributed by atoms with E-state index in [9.17, 15) is 9.59 Å². The minimum Gasteiger partial charge on any atom is -0.497 e. The van der Waals surface area contributed by atoms with E-state index in [1.54, 1.807) is 26.2 Å². The number of carbonyl (C=O) groups is 2. The van der Waals surface area contributed by atoms with Gasteiger partial charge in [0, 0.05) is 16.8 Å². The van der Waals surface area contributed by atoms with Crippen molar-refractivity contribution in [1.29, 1.82) is 0 Å². The van der Waals surface area contributed by atoms with Crippen LogP contribution in [0.2, 0.25) is 0 Å². The molecule has 6 nitrogen and oxygen atoms in total. The van der Waals surface area contributed by atoms with Crippen molar-refractivity contribution < 1.29 is 19.1 Å². The first-order valence-corrected chi connectivity index (χ1v) is 9.35. The summed E-state index contributed by atoms with van der Waals surface area (Å²) in [4.78, 5) is 28.3. The molecule has 1 heterocycles. The lowest BCUT2D eigenvalue weighted by molar-refractivity contribution is -0.117. The number of hydrogen-bond acceptors (Lipinski definition) is 4. The molecular formula is C22H22N2O4. The van der Waals surface area contributed by atoms with E-state index in [0.717, 1.165) is 17.5 Å². The number of hydrogen-bond donors (Lipinski definition) is 2. The van der Waals surface area contributed by atoms with Crippen LogP contribution >= 0.6 is 0 Å². The molecule has 2 N–H and O–H groups in total. The zero-order valence-electron chi connectivity index (χ0n) is 15.8. The van der Waals surface area contributed by atoms with Gasteiger partial charge in [-0.05, 0) is 43.0 Å². The van der Waals surface area contributed by atoms with Crippen LogP contribution in [0.3, 0.4) is 0 Å². The number of methoxy groups -OCH3 is 1. The molecule has 0 radical (unpaired) electrons.